The number of nitrogens with zero attached hydrogens (tertiary/aromatic N) is 2. The van der Waals surface area contributed by atoms with Crippen LogP contribution in [0.15, 0.2) is 48.5 Å². The monoisotopic (exact) mass is 420 g/mol. The van der Waals surface area contributed by atoms with Crippen molar-refractivity contribution in [2.24, 2.45) is 0 Å². The molecule has 0 unspecified atom stereocenters. The molecular weight excluding hydrogens is 399 g/mol. The molecule has 28 heavy (non-hydrogen) atoms. The van der Waals surface area contributed by atoms with Crippen LogP contribution in [0.3, 0.4) is 0 Å². The Bertz CT molecular complexity index is 771. The van der Waals surface area contributed by atoms with Gasteiger partial charge < -0.3 is 20.4 Å². The summed E-state index contributed by atoms with van der Waals surface area (Å²) in [5.41, 5.74) is 1.36. The molecule has 2 aromatic rings. The van der Waals surface area contributed by atoms with Gasteiger partial charge in [-0.05, 0) is 62.4 Å². The number of urea groups is 2. The molecule has 0 bridgehead atoms. The van der Waals surface area contributed by atoms with Crippen LogP contribution in [0.1, 0.15) is 13.8 Å². The summed E-state index contributed by atoms with van der Waals surface area (Å²) in [6, 6.07) is 13.3. The molecule has 1 fully saturated rings. The lowest BCUT2D eigenvalue weighted by Gasteiger charge is -2.43. The fraction of sp³-hybridized carbons (Fsp3) is 0.300. The van der Waals surface area contributed by atoms with Gasteiger partial charge in [0.2, 0.25) is 0 Å². The number of piperazine rings is 1. The lowest BCUT2D eigenvalue weighted by Crippen LogP contribution is -2.61. The maximum atomic E-state index is 12.7. The third-order valence-corrected chi connectivity index (χ3v) is 5.20. The number of rotatable bonds is 2. The number of amides is 4. The second-order valence-electron chi connectivity index (χ2n) is 6.88. The Morgan fingerprint density at radius 3 is 1.39 bits per heavy atom. The van der Waals surface area contributed by atoms with Gasteiger partial charge in [0.05, 0.1) is 0 Å². The van der Waals surface area contributed by atoms with Gasteiger partial charge in [-0.25, -0.2) is 9.59 Å². The van der Waals surface area contributed by atoms with E-state index in [0.29, 0.717) is 34.5 Å². The van der Waals surface area contributed by atoms with Crippen LogP contribution in [-0.4, -0.2) is 47.0 Å². The molecule has 4 amide bonds. The fourth-order valence-corrected chi connectivity index (χ4v) is 3.40. The highest BCUT2D eigenvalue weighted by Crippen LogP contribution is 2.20. The molecule has 2 aromatic carbocycles. The SMILES string of the molecule is C[C@H]1CN(C(=O)Nc2ccc(Cl)cc2)[C@@H](C)CN1C(=O)Nc1ccc(Cl)cc1. The van der Waals surface area contributed by atoms with Crippen LogP contribution in [0.4, 0.5) is 21.0 Å². The summed E-state index contributed by atoms with van der Waals surface area (Å²) in [6.45, 7) is 4.73. The Labute approximate surface area is 174 Å². The molecule has 0 spiro atoms. The van der Waals surface area contributed by atoms with Crippen molar-refractivity contribution in [2.45, 2.75) is 25.9 Å². The number of hydrogen-bond donors (Lipinski definition) is 2. The normalized spacial score (nSPS) is 19.3. The first kappa shape index (κ1) is 20.3. The van der Waals surface area contributed by atoms with Crippen molar-refractivity contribution in [1.29, 1.82) is 0 Å². The van der Waals surface area contributed by atoms with Crippen molar-refractivity contribution in [3.8, 4) is 0 Å². The van der Waals surface area contributed by atoms with Crippen molar-refractivity contribution in [2.75, 3.05) is 23.7 Å². The smallest absolute Gasteiger partial charge is 0.318 e. The molecule has 1 heterocycles. The van der Waals surface area contributed by atoms with Crippen molar-refractivity contribution >= 4 is 46.6 Å². The lowest BCUT2D eigenvalue weighted by atomic mass is 10.1. The molecule has 148 valence electrons. The molecule has 0 aromatic heterocycles. The Balaban J connectivity index is 1.61. The van der Waals surface area contributed by atoms with Crippen molar-refractivity contribution in [3.05, 3.63) is 58.6 Å². The molecule has 6 nitrogen and oxygen atoms in total. The lowest BCUT2D eigenvalue weighted by molar-refractivity contribution is 0.0917. The Morgan fingerprint density at radius 1 is 0.750 bits per heavy atom. The number of halogens is 2. The highest BCUT2D eigenvalue weighted by Gasteiger charge is 2.34. The molecule has 1 aliphatic rings. The van der Waals surface area contributed by atoms with E-state index in [2.05, 4.69) is 10.6 Å². The van der Waals surface area contributed by atoms with E-state index in [1.807, 2.05) is 13.8 Å². The quantitative estimate of drug-likeness (QED) is 0.704. The molecule has 3 rings (SSSR count). The average Bonchev–Trinajstić information content (AvgIpc) is 2.66. The third kappa shape index (κ3) is 4.88. The highest BCUT2D eigenvalue weighted by atomic mass is 35.5. The van der Waals surface area contributed by atoms with Crippen molar-refractivity contribution in [3.63, 3.8) is 0 Å². The number of hydrogen-bond acceptors (Lipinski definition) is 2. The summed E-state index contributed by atoms with van der Waals surface area (Å²) in [5.74, 6) is 0. The second-order valence-corrected chi connectivity index (χ2v) is 7.75. The first-order chi connectivity index (χ1) is 13.3. The van der Waals surface area contributed by atoms with Gasteiger partial charge in [-0.2, -0.15) is 0 Å². The molecule has 2 N–H and O–H groups in total. The Kier molecular flexibility index (Phi) is 6.31. The summed E-state index contributed by atoms with van der Waals surface area (Å²) in [6.07, 6.45) is 0. The highest BCUT2D eigenvalue weighted by molar-refractivity contribution is 6.30. The number of anilines is 2. The van der Waals surface area contributed by atoms with Gasteiger partial charge in [-0.1, -0.05) is 23.2 Å². The van der Waals surface area contributed by atoms with Crippen molar-refractivity contribution < 1.29 is 9.59 Å². The molecule has 2 atom stereocenters. The predicted octanol–water partition coefficient (Wildman–Crippen LogP) is 5.15. The van der Waals surface area contributed by atoms with Gasteiger partial charge in [-0.3, -0.25) is 0 Å². The van der Waals surface area contributed by atoms with Gasteiger partial charge in [0.15, 0.2) is 0 Å². The molecule has 0 aliphatic carbocycles. The van der Waals surface area contributed by atoms with Crippen LogP contribution in [0.25, 0.3) is 0 Å². The maximum absolute atomic E-state index is 12.7. The van der Waals surface area contributed by atoms with Gasteiger partial charge >= 0.3 is 12.1 Å². The molecular formula is C20H22Cl2N4O2. The van der Waals surface area contributed by atoms with E-state index in [4.69, 9.17) is 23.2 Å². The minimum Gasteiger partial charge on any atom is -0.318 e. The van der Waals surface area contributed by atoms with Crippen LogP contribution in [0.2, 0.25) is 10.0 Å². The topological polar surface area (TPSA) is 64.7 Å². The molecule has 0 saturated carbocycles. The largest absolute Gasteiger partial charge is 0.322 e. The van der Waals surface area contributed by atoms with E-state index >= 15 is 0 Å². The first-order valence-corrected chi connectivity index (χ1v) is 9.75. The van der Waals surface area contributed by atoms with E-state index in [-0.39, 0.29) is 24.1 Å². The number of nitrogens with one attached hydrogen (secondary N) is 2. The second kappa shape index (κ2) is 8.71. The minimum atomic E-state index is -0.195. The molecule has 1 saturated heterocycles. The zero-order valence-corrected chi connectivity index (χ0v) is 17.2. The van der Waals surface area contributed by atoms with E-state index in [0.717, 1.165) is 0 Å². The van der Waals surface area contributed by atoms with Gasteiger partial charge in [-0.15, -0.1) is 0 Å². The zero-order valence-electron chi connectivity index (χ0n) is 15.7. The summed E-state index contributed by atoms with van der Waals surface area (Å²) < 4.78 is 0. The summed E-state index contributed by atoms with van der Waals surface area (Å²) in [7, 11) is 0. The first-order valence-electron chi connectivity index (χ1n) is 9.00. The van der Waals surface area contributed by atoms with Crippen LogP contribution in [-0.2, 0) is 0 Å². The van der Waals surface area contributed by atoms with Crippen LogP contribution >= 0.6 is 23.2 Å². The number of benzene rings is 2. The van der Waals surface area contributed by atoms with Crippen LogP contribution < -0.4 is 10.6 Å². The zero-order chi connectivity index (χ0) is 20.3. The summed E-state index contributed by atoms with van der Waals surface area (Å²) >= 11 is 11.8. The summed E-state index contributed by atoms with van der Waals surface area (Å²) in [5, 5.41) is 6.97. The van der Waals surface area contributed by atoms with E-state index in [1.54, 1.807) is 58.3 Å². The molecule has 0 radical (unpaired) electrons. The number of carbonyl (C=O) groups excluding carboxylic acids is 2. The van der Waals surface area contributed by atoms with Gasteiger partial charge in [0.25, 0.3) is 0 Å². The van der Waals surface area contributed by atoms with Gasteiger partial charge in [0, 0.05) is 46.6 Å². The minimum absolute atomic E-state index is 0.125. The van der Waals surface area contributed by atoms with Crippen molar-refractivity contribution in [1.82, 2.24) is 9.80 Å². The third-order valence-electron chi connectivity index (χ3n) is 4.70. The standard InChI is InChI=1S/C20H22Cl2N4O2/c1-13-11-26(20(28)24-18-9-5-16(22)6-10-18)14(2)12-25(13)19(27)23-17-7-3-15(21)4-8-17/h3-10,13-14H,11-12H2,1-2H3,(H,23,27)(H,24,28)/t13-,14-/m0/s1. The van der Waals surface area contributed by atoms with E-state index in [1.165, 1.54) is 0 Å². The maximum Gasteiger partial charge on any atom is 0.322 e. The van der Waals surface area contributed by atoms with E-state index in [9.17, 15) is 9.59 Å². The fourth-order valence-electron chi connectivity index (χ4n) is 3.15. The molecule has 8 heteroatoms. The average molecular weight is 421 g/mol. The van der Waals surface area contributed by atoms with Gasteiger partial charge in [0.1, 0.15) is 0 Å². The Hall–Kier alpha value is -2.44. The van der Waals surface area contributed by atoms with E-state index < -0.39 is 0 Å². The number of carbonyl (C=O) groups is 2. The molecule has 1 aliphatic heterocycles. The Morgan fingerprint density at radius 2 is 1.07 bits per heavy atom. The van der Waals surface area contributed by atoms with Crippen LogP contribution in [0, 0.1) is 0 Å². The van der Waals surface area contributed by atoms with Crippen LogP contribution in [0.5, 0.6) is 0 Å². The predicted molar refractivity (Wildman–Crippen MR) is 113 cm³/mol. The summed E-state index contributed by atoms with van der Waals surface area (Å²) in [4.78, 5) is 28.8.